The van der Waals surface area contributed by atoms with E-state index in [0.717, 1.165) is 18.7 Å². The van der Waals surface area contributed by atoms with Crippen LogP contribution in [0.5, 0.6) is 23.0 Å². The fourth-order valence-corrected chi connectivity index (χ4v) is 4.93. The minimum absolute atomic E-state index is 0.0655. The predicted molar refractivity (Wildman–Crippen MR) is 109 cm³/mol. The molecule has 6 heteroatoms. The first-order valence-corrected chi connectivity index (χ1v) is 10.5. The molecule has 1 N–H and O–H groups in total. The molecule has 0 saturated carbocycles. The summed E-state index contributed by atoms with van der Waals surface area (Å²) in [4.78, 5) is 14.3. The van der Waals surface area contributed by atoms with Crippen molar-refractivity contribution in [3.05, 3.63) is 52.8 Å². The number of Topliss-reactive ketones (excluding diaryl/α,β-unsaturated/α-hetero) is 1. The zero-order chi connectivity index (χ0) is 20.8. The monoisotopic (exact) mass is 407 g/mol. The molecule has 1 fully saturated rings. The van der Waals surface area contributed by atoms with Crippen molar-refractivity contribution < 1.29 is 29.0 Å². The van der Waals surface area contributed by atoms with Gasteiger partial charge in [-0.2, -0.15) is 0 Å². The van der Waals surface area contributed by atoms with Gasteiger partial charge in [-0.1, -0.05) is 31.7 Å². The molecular weight excluding hydrogens is 382 g/mol. The second kappa shape index (κ2) is 7.36. The van der Waals surface area contributed by atoms with Crippen molar-refractivity contribution in [2.45, 2.75) is 26.8 Å². The molecule has 0 spiro atoms. The molecule has 3 aliphatic rings. The van der Waals surface area contributed by atoms with E-state index >= 15 is 0 Å². The molecule has 3 heterocycles. The van der Waals surface area contributed by atoms with E-state index in [1.54, 1.807) is 12.1 Å². The standard InChI is InChI=1S/C24H25NO5/c1-14-7-15(2)11-25(10-14)12-18-19(26)5-4-17-23(27)22(30-24(17)18)9-16-3-6-20-21(8-16)29-13-28-20/h3-6,8-9,14-15,26H,7,10-13H2,1-2H3/b22-9-. The lowest BCUT2D eigenvalue weighted by molar-refractivity contribution is -0.925. The second-order valence-electron chi connectivity index (χ2n) is 8.75. The fourth-order valence-electron chi connectivity index (χ4n) is 4.93. The van der Waals surface area contributed by atoms with Crippen LogP contribution in [0.3, 0.4) is 0 Å². The number of likely N-dealkylation sites (tertiary alicyclic amines) is 1. The number of ketones is 1. The highest BCUT2D eigenvalue weighted by Gasteiger charge is 2.32. The summed E-state index contributed by atoms with van der Waals surface area (Å²) in [5.41, 5.74) is 1.85. The van der Waals surface area contributed by atoms with Gasteiger partial charge in [-0.05, 0) is 36.3 Å². The van der Waals surface area contributed by atoms with Gasteiger partial charge >= 0.3 is 0 Å². The number of hydrogen-bond donors (Lipinski definition) is 1. The van der Waals surface area contributed by atoms with Gasteiger partial charge in [0.1, 0.15) is 12.3 Å². The Morgan fingerprint density at radius 1 is 1.10 bits per heavy atom. The number of carbonyl (C=O) groups excluding carboxylic acids is 1. The number of fused-ring (bicyclic) bond motifs is 2. The Bertz CT molecular complexity index is 1030. The Morgan fingerprint density at radius 2 is 1.87 bits per heavy atom. The number of piperidine rings is 1. The van der Waals surface area contributed by atoms with E-state index in [1.165, 1.54) is 17.4 Å². The molecule has 2 aromatic rings. The Morgan fingerprint density at radius 3 is 2.67 bits per heavy atom. The Labute approximate surface area is 175 Å². The molecule has 3 aliphatic heterocycles. The number of carbonyl (C=O) groups is 1. The van der Waals surface area contributed by atoms with Gasteiger partial charge in [0.2, 0.25) is 12.6 Å². The molecule has 0 bridgehead atoms. The number of benzene rings is 2. The van der Waals surface area contributed by atoms with Gasteiger partial charge in [-0.3, -0.25) is 4.79 Å². The summed E-state index contributed by atoms with van der Waals surface area (Å²) < 4.78 is 16.7. The number of allylic oxidation sites excluding steroid dienone is 1. The van der Waals surface area contributed by atoms with Crippen LogP contribution in [0, 0.1) is 11.8 Å². The highest BCUT2D eigenvalue weighted by Crippen LogP contribution is 2.39. The number of ether oxygens (including phenoxy) is 3. The summed E-state index contributed by atoms with van der Waals surface area (Å²) in [6.07, 6.45) is 2.91. The van der Waals surface area contributed by atoms with Crippen LogP contribution in [0.1, 0.15) is 41.8 Å². The SMILES string of the molecule is CC1CC(C)C[NH+](Cc2c([O-])ccc3c2O/C(=C\c2ccc4c(c2)OCO4)C3=O)C1. The van der Waals surface area contributed by atoms with Gasteiger partial charge in [0, 0.05) is 17.4 Å². The zero-order valence-electron chi connectivity index (χ0n) is 17.2. The number of quaternary nitrogens is 1. The summed E-state index contributed by atoms with van der Waals surface area (Å²) in [5.74, 6) is 2.98. The van der Waals surface area contributed by atoms with Crippen molar-refractivity contribution in [1.82, 2.24) is 0 Å². The second-order valence-corrected chi connectivity index (χ2v) is 8.75. The molecule has 0 aromatic heterocycles. The molecule has 30 heavy (non-hydrogen) atoms. The first kappa shape index (κ1) is 19.0. The maximum atomic E-state index is 12.9. The third-order valence-corrected chi connectivity index (χ3v) is 6.10. The molecule has 0 aliphatic carbocycles. The minimum Gasteiger partial charge on any atom is -0.872 e. The van der Waals surface area contributed by atoms with Crippen LogP contribution in [0.25, 0.3) is 6.08 Å². The fraction of sp³-hybridized carbons (Fsp3) is 0.375. The lowest BCUT2D eigenvalue weighted by Gasteiger charge is -2.33. The van der Waals surface area contributed by atoms with Crippen molar-refractivity contribution in [2.24, 2.45) is 11.8 Å². The summed E-state index contributed by atoms with van der Waals surface area (Å²) in [5, 5.41) is 12.7. The first-order valence-electron chi connectivity index (χ1n) is 10.5. The van der Waals surface area contributed by atoms with E-state index < -0.39 is 0 Å². The van der Waals surface area contributed by atoms with Crippen molar-refractivity contribution in [2.75, 3.05) is 19.9 Å². The highest BCUT2D eigenvalue weighted by molar-refractivity contribution is 6.15. The van der Waals surface area contributed by atoms with Crippen LogP contribution in [-0.4, -0.2) is 25.7 Å². The molecule has 2 aromatic carbocycles. The van der Waals surface area contributed by atoms with Gasteiger partial charge in [0.25, 0.3) is 0 Å². The van der Waals surface area contributed by atoms with E-state index in [1.807, 2.05) is 18.2 Å². The number of rotatable bonds is 3. The summed E-state index contributed by atoms with van der Waals surface area (Å²) in [7, 11) is 0. The van der Waals surface area contributed by atoms with Gasteiger partial charge < -0.3 is 24.2 Å². The van der Waals surface area contributed by atoms with Crippen molar-refractivity contribution in [3.63, 3.8) is 0 Å². The predicted octanol–water partition coefficient (Wildman–Crippen LogP) is 2.17. The third kappa shape index (κ3) is 3.41. The Balaban J connectivity index is 1.44. The molecule has 2 unspecified atom stereocenters. The van der Waals surface area contributed by atoms with Crippen molar-refractivity contribution in [3.8, 4) is 23.0 Å². The molecule has 1 saturated heterocycles. The molecule has 156 valence electrons. The van der Waals surface area contributed by atoms with Crippen molar-refractivity contribution in [1.29, 1.82) is 0 Å². The van der Waals surface area contributed by atoms with Gasteiger partial charge in [-0.15, -0.1) is 0 Å². The molecule has 5 rings (SSSR count). The first-order chi connectivity index (χ1) is 14.5. The molecule has 0 radical (unpaired) electrons. The topological polar surface area (TPSA) is 72.3 Å². The summed E-state index contributed by atoms with van der Waals surface area (Å²) in [6.45, 7) is 7.36. The lowest BCUT2D eigenvalue weighted by atomic mass is 9.91. The minimum atomic E-state index is -0.195. The van der Waals surface area contributed by atoms with Gasteiger partial charge in [0.15, 0.2) is 17.3 Å². The number of nitrogens with one attached hydrogen (secondary N) is 1. The quantitative estimate of drug-likeness (QED) is 0.790. The van der Waals surface area contributed by atoms with E-state index in [4.69, 9.17) is 14.2 Å². The molecular formula is C24H25NO5. The Hall–Kier alpha value is -2.99. The molecule has 2 atom stereocenters. The van der Waals surface area contributed by atoms with Crippen molar-refractivity contribution >= 4 is 11.9 Å². The van der Waals surface area contributed by atoms with Crippen LogP contribution in [0.4, 0.5) is 0 Å². The number of hydrogen-bond acceptors (Lipinski definition) is 5. The third-order valence-electron chi connectivity index (χ3n) is 6.10. The summed E-state index contributed by atoms with van der Waals surface area (Å²) in [6, 6.07) is 8.55. The van der Waals surface area contributed by atoms with Crippen LogP contribution in [0.2, 0.25) is 0 Å². The molecule has 6 nitrogen and oxygen atoms in total. The Kier molecular flexibility index (Phi) is 4.66. The maximum Gasteiger partial charge on any atom is 0.231 e. The van der Waals surface area contributed by atoms with E-state index in [-0.39, 0.29) is 24.1 Å². The van der Waals surface area contributed by atoms with Crippen LogP contribution in [-0.2, 0) is 6.54 Å². The molecule has 0 amide bonds. The van der Waals surface area contributed by atoms with E-state index in [9.17, 15) is 9.90 Å². The smallest absolute Gasteiger partial charge is 0.231 e. The van der Waals surface area contributed by atoms with E-state index in [0.29, 0.717) is 46.8 Å². The van der Waals surface area contributed by atoms with Crippen LogP contribution in [0.15, 0.2) is 36.1 Å². The highest BCUT2D eigenvalue weighted by atomic mass is 16.7. The van der Waals surface area contributed by atoms with E-state index in [2.05, 4.69) is 13.8 Å². The van der Waals surface area contributed by atoms with Gasteiger partial charge in [0.05, 0.1) is 18.7 Å². The normalized spacial score (nSPS) is 26.0. The van der Waals surface area contributed by atoms with Crippen LogP contribution < -0.4 is 24.2 Å². The zero-order valence-corrected chi connectivity index (χ0v) is 17.2. The average Bonchev–Trinajstić information content (AvgIpc) is 3.28. The van der Waals surface area contributed by atoms with Gasteiger partial charge in [-0.25, -0.2) is 0 Å². The summed E-state index contributed by atoms with van der Waals surface area (Å²) >= 11 is 0. The lowest BCUT2D eigenvalue weighted by Crippen LogP contribution is -3.13. The maximum absolute atomic E-state index is 12.9. The van der Waals surface area contributed by atoms with Crippen LogP contribution >= 0.6 is 0 Å². The average molecular weight is 407 g/mol. The largest absolute Gasteiger partial charge is 0.872 e.